The lowest BCUT2D eigenvalue weighted by molar-refractivity contribution is -0.683. The van der Waals surface area contributed by atoms with Gasteiger partial charge in [-0.25, -0.2) is 9.13 Å². The Balaban J connectivity index is 1.84. The van der Waals surface area contributed by atoms with E-state index in [4.69, 9.17) is 14.2 Å². The summed E-state index contributed by atoms with van der Waals surface area (Å²) in [5, 5.41) is 0. The van der Waals surface area contributed by atoms with Crippen LogP contribution in [0.4, 0.5) is 0 Å². The SMILES string of the molecule is CCOCCN1CCC(c2n(CCOCC)c3ccccc3[n+]2CCOCC)CC1. The molecule has 30 heavy (non-hydrogen) atoms. The van der Waals surface area contributed by atoms with Crippen LogP contribution in [0.3, 0.4) is 0 Å². The highest BCUT2D eigenvalue weighted by atomic mass is 16.5. The second-order valence-electron chi connectivity index (χ2n) is 7.86. The van der Waals surface area contributed by atoms with Gasteiger partial charge in [0, 0.05) is 26.4 Å². The number of hydrogen-bond donors (Lipinski definition) is 0. The first kappa shape index (κ1) is 23.2. The van der Waals surface area contributed by atoms with E-state index in [-0.39, 0.29) is 0 Å². The molecule has 0 radical (unpaired) electrons. The summed E-state index contributed by atoms with van der Waals surface area (Å²) in [7, 11) is 0. The van der Waals surface area contributed by atoms with Gasteiger partial charge >= 0.3 is 0 Å². The van der Waals surface area contributed by atoms with Gasteiger partial charge < -0.3 is 19.1 Å². The lowest BCUT2D eigenvalue weighted by Crippen LogP contribution is -2.44. The number of imidazole rings is 1. The molecule has 6 heteroatoms. The Morgan fingerprint density at radius 3 is 2.20 bits per heavy atom. The van der Waals surface area contributed by atoms with Crippen molar-refractivity contribution in [3.63, 3.8) is 0 Å². The number of likely N-dealkylation sites (tertiary alicyclic amines) is 1. The quantitative estimate of drug-likeness (QED) is 0.370. The maximum absolute atomic E-state index is 5.73. The number of aromatic nitrogens is 2. The highest BCUT2D eigenvalue weighted by Crippen LogP contribution is 2.29. The smallest absolute Gasteiger partial charge is 0.260 e. The van der Waals surface area contributed by atoms with Crippen LogP contribution in [0.5, 0.6) is 0 Å². The molecule has 0 saturated carbocycles. The third-order valence-electron chi connectivity index (χ3n) is 6.05. The molecular weight excluding hydrogens is 378 g/mol. The van der Waals surface area contributed by atoms with Gasteiger partial charge in [-0.05, 0) is 58.8 Å². The Hall–Kier alpha value is -1.47. The third kappa shape index (κ3) is 5.82. The van der Waals surface area contributed by atoms with E-state index in [1.807, 2.05) is 0 Å². The van der Waals surface area contributed by atoms with Gasteiger partial charge in [0.15, 0.2) is 11.0 Å². The molecule has 3 rings (SSSR count). The van der Waals surface area contributed by atoms with Crippen LogP contribution in [0.2, 0.25) is 0 Å². The van der Waals surface area contributed by atoms with Crippen molar-refractivity contribution in [1.29, 1.82) is 0 Å². The van der Waals surface area contributed by atoms with Crippen molar-refractivity contribution in [2.75, 3.05) is 59.3 Å². The number of nitrogens with zero attached hydrogens (tertiary/aromatic N) is 3. The van der Waals surface area contributed by atoms with Gasteiger partial charge in [-0.2, -0.15) is 0 Å². The van der Waals surface area contributed by atoms with E-state index >= 15 is 0 Å². The Kier molecular flexibility index (Phi) is 9.59. The predicted octanol–water partition coefficient (Wildman–Crippen LogP) is 3.22. The fraction of sp³-hybridized carbons (Fsp3) is 0.708. The molecule has 0 unspecified atom stereocenters. The molecule has 0 N–H and O–H groups in total. The fourth-order valence-corrected chi connectivity index (χ4v) is 4.58. The first-order valence-corrected chi connectivity index (χ1v) is 11.8. The zero-order chi connectivity index (χ0) is 21.2. The zero-order valence-electron chi connectivity index (χ0n) is 19.1. The highest BCUT2D eigenvalue weighted by molar-refractivity contribution is 5.72. The number of para-hydroxylation sites is 2. The second kappa shape index (κ2) is 12.4. The molecule has 168 valence electrons. The number of benzene rings is 1. The molecule has 1 aliphatic rings. The summed E-state index contributed by atoms with van der Waals surface area (Å²) in [6.45, 7) is 16.0. The number of rotatable bonds is 13. The summed E-state index contributed by atoms with van der Waals surface area (Å²) in [5.41, 5.74) is 2.62. The van der Waals surface area contributed by atoms with E-state index in [1.54, 1.807) is 0 Å². The van der Waals surface area contributed by atoms with Crippen LogP contribution in [0.25, 0.3) is 11.0 Å². The first-order valence-electron chi connectivity index (χ1n) is 11.8. The van der Waals surface area contributed by atoms with E-state index in [0.29, 0.717) is 5.92 Å². The summed E-state index contributed by atoms with van der Waals surface area (Å²) in [4.78, 5) is 2.55. The fourth-order valence-electron chi connectivity index (χ4n) is 4.58. The number of ether oxygens (including phenoxy) is 3. The maximum Gasteiger partial charge on any atom is 0.260 e. The summed E-state index contributed by atoms with van der Waals surface area (Å²) in [5.74, 6) is 2.00. The molecule has 0 aliphatic carbocycles. The molecule has 0 spiro atoms. The van der Waals surface area contributed by atoms with Gasteiger partial charge in [0.2, 0.25) is 0 Å². The molecule has 2 aromatic rings. The molecule has 6 nitrogen and oxygen atoms in total. The van der Waals surface area contributed by atoms with Crippen LogP contribution in [-0.2, 0) is 27.3 Å². The van der Waals surface area contributed by atoms with Crippen molar-refractivity contribution in [2.24, 2.45) is 0 Å². The Morgan fingerprint density at radius 1 is 0.867 bits per heavy atom. The summed E-state index contributed by atoms with van der Waals surface area (Å²) in [6.07, 6.45) is 2.37. The summed E-state index contributed by atoms with van der Waals surface area (Å²) in [6, 6.07) is 8.79. The standard InChI is InChI=1S/C24H40N3O3/c1-4-28-18-15-25-13-11-21(12-14-25)24-26(16-19-29-5-2)22-9-7-8-10-23(22)27(24)17-20-30-6-3/h7-10,21H,4-6,11-20H2,1-3H3/q+1. The number of piperidine rings is 1. The minimum absolute atomic E-state index is 0.559. The van der Waals surface area contributed by atoms with Crippen LogP contribution >= 0.6 is 0 Å². The van der Waals surface area contributed by atoms with Crippen molar-refractivity contribution in [3.05, 3.63) is 30.1 Å². The van der Waals surface area contributed by atoms with Crippen LogP contribution < -0.4 is 4.57 Å². The Labute approximate surface area is 181 Å². The number of hydrogen-bond acceptors (Lipinski definition) is 4. The molecule has 1 saturated heterocycles. The Bertz CT molecular complexity index is 706. The number of fused-ring (bicyclic) bond motifs is 1. The monoisotopic (exact) mass is 418 g/mol. The molecule has 1 aromatic carbocycles. The van der Waals surface area contributed by atoms with Crippen molar-refractivity contribution in [2.45, 2.75) is 52.6 Å². The lowest BCUT2D eigenvalue weighted by atomic mass is 9.95. The normalized spacial score (nSPS) is 16.0. The van der Waals surface area contributed by atoms with Gasteiger partial charge in [0.25, 0.3) is 5.82 Å². The third-order valence-corrected chi connectivity index (χ3v) is 6.05. The molecule has 1 aliphatic heterocycles. The Morgan fingerprint density at radius 2 is 1.50 bits per heavy atom. The van der Waals surface area contributed by atoms with E-state index in [0.717, 1.165) is 72.4 Å². The maximum atomic E-state index is 5.73. The zero-order valence-corrected chi connectivity index (χ0v) is 19.1. The van der Waals surface area contributed by atoms with E-state index in [2.05, 4.69) is 59.1 Å². The molecule has 2 heterocycles. The second-order valence-corrected chi connectivity index (χ2v) is 7.86. The van der Waals surface area contributed by atoms with Gasteiger partial charge in [0.05, 0.1) is 25.7 Å². The van der Waals surface area contributed by atoms with Crippen LogP contribution in [0, 0.1) is 0 Å². The van der Waals surface area contributed by atoms with Gasteiger partial charge in [-0.1, -0.05) is 12.1 Å². The van der Waals surface area contributed by atoms with Crippen molar-refractivity contribution >= 4 is 11.0 Å². The van der Waals surface area contributed by atoms with Gasteiger partial charge in [-0.3, -0.25) is 0 Å². The minimum Gasteiger partial charge on any atom is -0.380 e. The molecule has 0 bridgehead atoms. The predicted molar refractivity (Wildman–Crippen MR) is 120 cm³/mol. The van der Waals surface area contributed by atoms with Gasteiger partial charge in [0.1, 0.15) is 13.1 Å². The molecule has 1 fully saturated rings. The van der Waals surface area contributed by atoms with Crippen molar-refractivity contribution in [1.82, 2.24) is 9.47 Å². The average Bonchev–Trinajstić information content (AvgIpc) is 3.08. The lowest BCUT2D eigenvalue weighted by Gasteiger charge is -2.30. The average molecular weight is 419 g/mol. The molecular formula is C24H40N3O3+. The molecule has 0 atom stereocenters. The van der Waals surface area contributed by atoms with Crippen LogP contribution in [0.1, 0.15) is 45.4 Å². The first-order chi connectivity index (χ1) is 14.8. The van der Waals surface area contributed by atoms with E-state index in [9.17, 15) is 0 Å². The topological polar surface area (TPSA) is 39.7 Å². The van der Waals surface area contributed by atoms with Crippen molar-refractivity contribution in [3.8, 4) is 0 Å². The van der Waals surface area contributed by atoms with Crippen LogP contribution in [-0.4, -0.2) is 68.7 Å². The highest BCUT2D eigenvalue weighted by Gasteiger charge is 2.33. The van der Waals surface area contributed by atoms with Crippen molar-refractivity contribution < 1.29 is 18.8 Å². The van der Waals surface area contributed by atoms with Crippen LogP contribution in [0.15, 0.2) is 24.3 Å². The largest absolute Gasteiger partial charge is 0.380 e. The minimum atomic E-state index is 0.559. The summed E-state index contributed by atoms with van der Waals surface area (Å²) >= 11 is 0. The van der Waals surface area contributed by atoms with E-state index < -0.39 is 0 Å². The summed E-state index contributed by atoms with van der Waals surface area (Å²) < 4.78 is 22.0. The molecule has 1 aromatic heterocycles. The molecule has 0 amide bonds. The van der Waals surface area contributed by atoms with E-state index in [1.165, 1.54) is 29.7 Å². The van der Waals surface area contributed by atoms with Gasteiger partial charge in [-0.15, -0.1) is 0 Å².